The van der Waals surface area contributed by atoms with E-state index in [1.165, 1.54) is 6.07 Å². The Morgan fingerprint density at radius 1 is 1.44 bits per heavy atom. The molecule has 1 heterocycles. The third-order valence-electron chi connectivity index (χ3n) is 2.02. The number of aliphatic carboxylic acids is 1. The van der Waals surface area contributed by atoms with Crippen LogP contribution < -0.4 is 0 Å². The zero-order valence-corrected chi connectivity index (χ0v) is 9.02. The van der Waals surface area contributed by atoms with Crippen LogP contribution in [0.4, 0.5) is 13.2 Å². The molecule has 0 aromatic carbocycles. The predicted octanol–water partition coefficient (Wildman–Crippen LogP) is 2.28. The van der Waals surface area contributed by atoms with E-state index in [0.29, 0.717) is 4.88 Å². The second-order valence-electron chi connectivity index (χ2n) is 3.34. The molecule has 7 heteroatoms. The zero-order chi connectivity index (χ0) is 12.6. The number of rotatable bonds is 3. The smallest absolute Gasteiger partial charge is 0.422 e. The van der Waals surface area contributed by atoms with E-state index >= 15 is 0 Å². The first-order valence-electron chi connectivity index (χ1n) is 4.24. The summed E-state index contributed by atoms with van der Waals surface area (Å²) in [7, 11) is 0. The van der Waals surface area contributed by atoms with Crippen molar-refractivity contribution in [3.63, 3.8) is 0 Å². The first kappa shape index (κ1) is 13.0. The Bertz CT molecular complexity index is 399. The van der Waals surface area contributed by atoms with Crippen LogP contribution in [0.15, 0.2) is 12.1 Å². The molecule has 1 atom stereocenters. The molecule has 1 aromatic heterocycles. The van der Waals surface area contributed by atoms with Crippen molar-refractivity contribution in [1.29, 1.82) is 0 Å². The van der Waals surface area contributed by atoms with Crippen molar-refractivity contribution in [2.75, 3.05) is 0 Å². The van der Waals surface area contributed by atoms with Crippen molar-refractivity contribution in [2.24, 2.45) is 0 Å². The van der Waals surface area contributed by atoms with Crippen molar-refractivity contribution >= 4 is 17.3 Å². The molecular formula is C9H9F3O3S. The van der Waals surface area contributed by atoms with Crippen molar-refractivity contribution in [3.05, 3.63) is 21.9 Å². The summed E-state index contributed by atoms with van der Waals surface area (Å²) >= 11 is 0.730. The van der Waals surface area contributed by atoms with Crippen LogP contribution >= 0.6 is 11.3 Å². The summed E-state index contributed by atoms with van der Waals surface area (Å²) in [6.45, 7) is 1.58. The Morgan fingerprint density at radius 3 is 2.31 bits per heavy atom. The average Bonchev–Trinajstić information content (AvgIpc) is 2.48. The predicted molar refractivity (Wildman–Crippen MR) is 51.3 cm³/mol. The molecule has 0 radical (unpaired) electrons. The van der Waals surface area contributed by atoms with E-state index < -0.39 is 29.0 Å². The lowest BCUT2D eigenvalue weighted by Crippen LogP contribution is -2.43. The number of aryl methyl sites for hydroxylation is 1. The number of carboxylic acid groups (broad SMARTS) is 1. The lowest BCUT2D eigenvalue weighted by Gasteiger charge is -2.27. The van der Waals surface area contributed by atoms with Crippen LogP contribution in [0.1, 0.15) is 16.2 Å². The number of alkyl halides is 3. The minimum Gasteiger partial charge on any atom is -0.481 e. The third kappa shape index (κ3) is 2.35. The molecule has 3 nitrogen and oxygen atoms in total. The molecular weight excluding hydrogens is 245 g/mol. The quantitative estimate of drug-likeness (QED) is 0.870. The lowest BCUT2D eigenvalue weighted by molar-refractivity contribution is -0.267. The molecule has 0 saturated carbocycles. The van der Waals surface area contributed by atoms with Gasteiger partial charge in [-0.2, -0.15) is 13.2 Å². The molecule has 0 spiro atoms. The second-order valence-corrected chi connectivity index (χ2v) is 4.63. The van der Waals surface area contributed by atoms with Gasteiger partial charge in [0.1, 0.15) is 0 Å². The highest BCUT2D eigenvalue weighted by Gasteiger charge is 2.57. The summed E-state index contributed by atoms with van der Waals surface area (Å²) in [5.41, 5.74) is -3.31. The van der Waals surface area contributed by atoms with Gasteiger partial charge in [-0.3, -0.25) is 4.79 Å². The standard InChI is InChI=1S/C9H9F3O3S/c1-5-2-3-6(16-5)8(15,4-7(13)14)9(10,11)12/h2-3,15H,4H2,1H3,(H,13,14). The van der Waals surface area contributed by atoms with Gasteiger partial charge < -0.3 is 10.2 Å². The summed E-state index contributed by atoms with van der Waals surface area (Å²) in [6, 6.07) is 2.50. The van der Waals surface area contributed by atoms with Crippen LogP contribution in [0, 0.1) is 6.92 Å². The maximum Gasteiger partial charge on any atom is 0.422 e. The van der Waals surface area contributed by atoms with Gasteiger partial charge in [0.25, 0.3) is 0 Å². The molecule has 1 rings (SSSR count). The topological polar surface area (TPSA) is 57.5 Å². The van der Waals surface area contributed by atoms with Crippen LogP contribution in [-0.4, -0.2) is 22.4 Å². The Labute approximate surface area is 93.1 Å². The van der Waals surface area contributed by atoms with Gasteiger partial charge in [0.05, 0.1) is 6.42 Å². The van der Waals surface area contributed by atoms with E-state index in [1.807, 2.05) is 0 Å². The zero-order valence-electron chi connectivity index (χ0n) is 8.21. The van der Waals surface area contributed by atoms with E-state index in [1.54, 1.807) is 6.92 Å². The van der Waals surface area contributed by atoms with E-state index in [4.69, 9.17) is 5.11 Å². The number of hydrogen-bond donors (Lipinski definition) is 2. The lowest BCUT2D eigenvalue weighted by atomic mass is 9.97. The van der Waals surface area contributed by atoms with Crippen LogP contribution in [0.5, 0.6) is 0 Å². The molecule has 2 N–H and O–H groups in total. The van der Waals surface area contributed by atoms with Crippen LogP contribution in [0.3, 0.4) is 0 Å². The molecule has 0 bridgehead atoms. The monoisotopic (exact) mass is 254 g/mol. The molecule has 1 unspecified atom stereocenters. The van der Waals surface area contributed by atoms with Crippen LogP contribution in [0.25, 0.3) is 0 Å². The highest BCUT2D eigenvalue weighted by molar-refractivity contribution is 7.12. The first-order chi connectivity index (χ1) is 7.17. The molecule has 0 aliphatic heterocycles. The number of carbonyl (C=O) groups is 1. The Hall–Kier alpha value is -1.08. The molecule has 0 fully saturated rings. The van der Waals surface area contributed by atoms with Crippen LogP contribution in [0.2, 0.25) is 0 Å². The van der Waals surface area contributed by atoms with Crippen molar-refractivity contribution in [1.82, 2.24) is 0 Å². The molecule has 1 aromatic rings. The summed E-state index contributed by atoms with van der Waals surface area (Å²) in [5.74, 6) is -1.70. The maximum absolute atomic E-state index is 12.7. The van der Waals surface area contributed by atoms with Gasteiger partial charge in [0.15, 0.2) is 0 Å². The molecule has 0 saturated heterocycles. The van der Waals surface area contributed by atoms with E-state index in [0.717, 1.165) is 17.4 Å². The van der Waals surface area contributed by atoms with E-state index in [2.05, 4.69) is 0 Å². The first-order valence-corrected chi connectivity index (χ1v) is 5.06. The van der Waals surface area contributed by atoms with Crippen LogP contribution in [-0.2, 0) is 10.4 Å². The second kappa shape index (κ2) is 4.06. The van der Waals surface area contributed by atoms with E-state index in [-0.39, 0.29) is 0 Å². The minimum atomic E-state index is -5.01. The Kier molecular flexibility index (Phi) is 3.30. The highest BCUT2D eigenvalue weighted by Crippen LogP contribution is 2.44. The summed E-state index contributed by atoms with van der Waals surface area (Å²) in [6.07, 6.45) is -6.40. The number of aliphatic hydroxyl groups is 1. The summed E-state index contributed by atoms with van der Waals surface area (Å²) < 4.78 is 38.0. The van der Waals surface area contributed by atoms with Gasteiger partial charge in [-0.25, -0.2) is 0 Å². The fraction of sp³-hybridized carbons (Fsp3) is 0.444. The van der Waals surface area contributed by atoms with Gasteiger partial charge in [-0.05, 0) is 19.1 Å². The molecule has 0 aliphatic carbocycles. The minimum absolute atomic E-state index is 0.403. The largest absolute Gasteiger partial charge is 0.481 e. The van der Waals surface area contributed by atoms with Crippen molar-refractivity contribution in [2.45, 2.75) is 25.1 Å². The normalized spacial score (nSPS) is 15.8. The summed E-state index contributed by atoms with van der Waals surface area (Å²) in [4.78, 5) is 10.6. The van der Waals surface area contributed by atoms with Gasteiger partial charge in [0.2, 0.25) is 5.60 Å². The van der Waals surface area contributed by atoms with Gasteiger partial charge in [0, 0.05) is 9.75 Å². The number of halogens is 3. The van der Waals surface area contributed by atoms with Crippen molar-refractivity contribution in [3.8, 4) is 0 Å². The van der Waals surface area contributed by atoms with Gasteiger partial charge >= 0.3 is 12.1 Å². The average molecular weight is 254 g/mol. The fourth-order valence-electron chi connectivity index (χ4n) is 1.20. The number of thiophene rings is 1. The van der Waals surface area contributed by atoms with Crippen molar-refractivity contribution < 1.29 is 28.2 Å². The van der Waals surface area contributed by atoms with Gasteiger partial charge in [-0.1, -0.05) is 0 Å². The highest BCUT2D eigenvalue weighted by atomic mass is 32.1. The number of carboxylic acids is 1. The number of hydrogen-bond acceptors (Lipinski definition) is 3. The van der Waals surface area contributed by atoms with Gasteiger partial charge in [-0.15, -0.1) is 11.3 Å². The molecule has 90 valence electrons. The third-order valence-corrected chi connectivity index (χ3v) is 3.18. The summed E-state index contributed by atoms with van der Waals surface area (Å²) in [5, 5.41) is 17.9. The SMILES string of the molecule is Cc1ccc(C(O)(CC(=O)O)C(F)(F)F)s1. The Morgan fingerprint density at radius 2 is 2.00 bits per heavy atom. The molecule has 16 heavy (non-hydrogen) atoms. The van der Waals surface area contributed by atoms with E-state index in [9.17, 15) is 23.1 Å². The Balaban J connectivity index is 3.19. The molecule has 0 amide bonds. The molecule has 0 aliphatic rings. The fourth-order valence-corrected chi connectivity index (χ4v) is 2.18. The maximum atomic E-state index is 12.7.